The van der Waals surface area contributed by atoms with Crippen molar-refractivity contribution in [2.75, 3.05) is 19.6 Å². The number of hydrogen-bond donors (Lipinski definition) is 1. The third kappa shape index (κ3) is 2.51. The summed E-state index contributed by atoms with van der Waals surface area (Å²) in [6.45, 7) is 5.24. The molecule has 1 aromatic rings. The molecule has 2 aliphatic heterocycles. The minimum Gasteiger partial charge on any atom is -0.333 e. The highest BCUT2D eigenvalue weighted by atomic mass is 32.1. The number of carbonyl (C=O) groups excluding carboxylic acids is 1. The predicted molar refractivity (Wildman–Crippen MR) is 78.8 cm³/mol. The molecule has 3 rings (SSSR count). The molecule has 0 spiro atoms. The first-order valence-corrected chi connectivity index (χ1v) is 7.44. The van der Waals surface area contributed by atoms with Gasteiger partial charge in [-0.2, -0.15) is 0 Å². The van der Waals surface area contributed by atoms with Gasteiger partial charge in [0.2, 0.25) is 0 Å². The van der Waals surface area contributed by atoms with Gasteiger partial charge in [0.15, 0.2) is 0 Å². The summed E-state index contributed by atoms with van der Waals surface area (Å²) in [6, 6.07) is 8.39. The van der Waals surface area contributed by atoms with E-state index < -0.39 is 0 Å². The molecular weight excluding hydrogens is 256 g/mol. The van der Waals surface area contributed by atoms with Crippen molar-refractivity contribution in [2.24, 2.45) is 0 Å². The van der Waals surface area contributed by atoms with Crippen LogP contribution in [0.4, 0.5) is 0 Å². The second kappa shape index (κ2) is 5.17. The van der Waals surface area contributed by atoms with Crippen LogP contribution in [0.15, 0.2) is 29.2 Å². The molecule has 2 aliphatic rings. The zero-order valence-corrected chi connectivity index (χ0v) is 12.1. The molecule has 2 heterocycles. The number of piperazine rings is 1. The van der Waals surface area contributed by atoms with Crippen molar-refractivity contribution < 1.29 is 4.79 Å². The molecule has 1 aromatic carbocycles. The minimum absolute atomic E-state index is 0.160. The molecular formula is C15H20N2OS. The Morgan fingerprint density at radius 3 is 2.74 bits per heavy atom. The van der Waals surface area contributed by atoms with Crippen molar-refractivity contribution in [3.63, 3.8) is 0 Å². The van der Waals surface area contributed by atoms with Gasteiger partial charge >= 0.3 is 0 Å². The average Bonchev–Trinajstić information content (AvgIpc) is 2.85. The summed E-state index contributed by atoms with van der Waals surface area (Å²) >= 11 is 4.26. The standard InChI is InChI=1S/C15H20N2OS/c1-11-9-16-8-2-3-13(16)10-17(11)15(18)12-4-6-14(19)7-5-12/h4-7,11,13,19H,2-3,8-10H2,1H3. The Bertz CT molecular complexity index is 474. The van der Waals surface area contributed by atoms with Crippen LogP contribution < -0.4 is 0 Å². The van der Waals surface area contributed by atoms with Crippen LogP contribution in [0.1, 0.15) is 30.1 Å². The number of benzene rings is 1. The van der Waals surface area contributed by atoms with Crippen LogP contribution >= 0.6 is 12.6 Å². The fourth-order valence-electron chi connectivity index (χ4n) is 3.24. The second-order valence-electron chi connectivity index (χ2n) is 5.64. The van der Waals surface area contributed by atoms with Gasteiger partial charge in [0.1, 0.15) is 0 Å². The van der Waals surface area contributed by atoms with Gasteiger partial charge in [-0.1, -0.05) is 0 Å². The maximum Gasteiger partial charge on any atom is 0.254 e. The van der Waals surface area contributed by atoms with Gasteiger partial charge in [-0.3, -0.25) is 9.69 Å². The van der Waals surface area contributed by atoms with Crippen molar-refractivity contribution in [3.8, 4) is 0 Å². The smallest absolute Gasteiger partial charge is 0.254 e. The highest BCUT2D eigenvalue weighted by Gasteiger charge is 2.36. The van der Waals surface area contributed by atoms with E-state index in [-0.39, 0.29) is 5.91 Å². The summed E-state index contributed by atoms with van der Waals surface area (Å²) < 4.78 is 0. The van der Waals surface area contributed by atoms with E-state index in [1.807, 2.05) is 29.2 Å². The summed E-state index contributed by atoms with van der Waals surface area (Å²) in [5.41, 5.74) is 0.774. The number of carbonyl (C=O) groups is 1. The van der Waals surface area contributed by atoms with Gasteiger partial charge in [0.25, 0.3) is 5.91 Å². The Hall–Kier alpha value is -1.00. The molecule has 2 unspecified atom stereocenters. The van der Waals surface area contributed by atoms with Gasteiger partial charge in [-0.05, 0) is 50.6 Å². The largest absolute Gasteiger partial charge is 0.333 e. The fourth-order valence-corrected chi connectivity index (χ4v) is 3.39. The molecule has 4 heteroatoms. The Morgan fingerprint density at radius 2 is 2.00 bits per heavy atom. The van der Waals surface area contributed by atoms with E-state index in [0.717, 1.165) is 23.5 Å². The number of rotatable bonds is 1. The van der Waals surface area contributed by atoms with Crippen LogP contribution in [0.5, 0.6) is 0 Å². The maximum absolute atomic E-state index is 12.6. The molecule has 0 aromatic heterocycles. The van der Waals surface area contributed by atoms with E-state index in [1.165, 1.54) is 19.4 Å². The highest BCUT2D eigenvalue weighted by Crippen LogP contribution is 2.25. The molecule has 0 bridgehead atoms. The third-order valence-electron chi connectivity index (χ3n) is 4.31. The Morgan fingerprint density at radius 1 is 1.26 bits per heavy atom. The van der Waals surface area contributed by atoms with Crippen LogP contribution in [0.3, 0.4) is 0 Å². The molecule has 2 atom stereocenters. The third-order valence-corrected chi connectivity index (χ3v) is 4.61. The van der Waals surface area contributed by atoms with Crippen molar-refractivity contribution in [3.05, 3.63) is 29.8 Å². The van der Waals surface area contributed by atoms with E-state index in [2.05, 4.69) is 24.5 Å². The summed E-state index contributed by atoms with van der Waals surface area (Å²) in [5, 5.41) is 0. The van der Waals surface area contributed by atoms with Crippen molar-refractivity contribution >= 4 is 18.5 Å². The lowest BCUT2D eigenvalue weighted by molar-refractivity contribution is 0.0395. The molecule has 0 N–H and O–H groups in total. The second-order valence-corrected chi connectivity index (χ2v) is 6.16. The van der Waals surface area contributed by atoms with Crippen molar-refractivity contribution in [1.29, 1.82) is 0 Å². The lowest BCUT2D eigenvalue weighted by Gasteiger charge is -2.42. The van der Waals surface area contributed by atoms with Gasteiger partial charge in [-0.15, -0.1) is 12.6 Å². The maximum atomic E-state index is 12.6. The van der Waals surface area contributed by atoms with Gasteiger partial charge in [0, 0.05) is 35.6 Å². The van der Waals surface area contributed by atoms with Crippen LogP contribution in [0.2, 0.25) is 0 Å². The quantitative estimate of drug-likeness (QED) is 0.796. The molecule has 0 aliphatic carbocycles. The van der Waals surface area contributed by atoms with Crippen molar-refractivity contribution in [1.82, 2.24) is 9.80 Å². The number of thiol groups is 1. The summed E-state index contributed by atoms with van der Waals surface area (Å²) in [5.74, 6) is 0.160. The lowest BCUT2D eigenvalue weighted by Crippen LogP contribution is -2.56. The van der Waals surface area contributed by atoms with Gasteiger partial charge in [0.05, 0.1) is 0 Å². The molecule has 0 saturated carbocycles. The zero-order chi connectivity index (χ0) is 13.4. The lowest BCUT2D eigenvalue weighted by atomic mass is 10.1. The SMILES string of the molecule is CC1CN2CCCC2CN1C(=O)c1ccc(S)cc1. The molecule has 19 heavy (non-hydrogen) atoms. The van der Waals surface area contributed by atoms with E-state index in [1.54, 1.807) is 0 Å². The van der Waals surface area contributed by atoms with Crippen molar-refractivity contribution in [2.45, 2.75) is 36.7 Å². The molecule has 2 fully saturated rings. The average molecular weight is 276 g/mol. The summed E-state index contributed by atoms with van der Waals surface area (Å²) in [6.07, 6.45) is 2.50. The molecule has 3 nitrogen and oxygen atoms in total. The van der Waals surface area contributed by atoms with E-state index >= 15 is 0 Å². The van der Waals surface area contributed by atoms with E-state index in [9.17, 15) is 4.79 Å². The van der Waals surface area contributed by atoms with E-state index in [4.69, 9.17) is 0 Å². The number of hydrogen-bond acceptors (Lipinski definition) is 3. The zero-order valence-electron chi connectivity index (χ0n) is 11.2. The number of fused-ring (bicyclic) bond motifs is 1. The van der Waals surface area contributed by atoms with Crippen LogP contribution in [0.25, 0.3) is 0 Å². The number of nitrogens with zero attached hydrogens (tertiary/aromatic N) is 2. The monoisotopic (exact) mass is 276 g/mol. The molecule has 102 valence electrons. The Balaban J connectivity index is 1.77. The van der Waals surface area contributed by atoms with E-state index in [0.29, 0.717) is 12.1 Å². The van der Waals surface area contributed by atoms with Crippen LogP contribution in [0, 0.1) is 0 Å². The Kier molecular flexibility index (Phi) is 3.54. The Labute approximate surface area is 120 Å². The first-order chi connectivity index (χ1) is 9.15. The molecule has 0 radical (unpaired) electrons. The first-order valence-electron chi connectivity index (χ1n) is 6.99. The first kappa shape index (κ1) is 13.0. The highest BCUT2D eigenvalue weighted by molar-refractivity contribution is 7.80. The minimum atomic E-state index is 0.160. The normalized spacial score (nSPS) is 27.4. The summed E-state index contributed by atoms with van der Waals surface area (Å²) in [7, 11) is 0. The van der Waals surface area contributed by atoms with Gasteiger partial charge < -0.3 is 4.90 Å². The van der Waals surface area contributed by atoms with Crippen LogP contribution in [-0.4, -0.2) is 47.4 Å². The summed E-state index contributed by atoms with van der Waals surface area (Å²) in [4.78, 5) is 18.1. The fraction of sp³-hybridized carbons (Fsp3) is 0.533. The topological polar surface area (TPSA) is 23.6 Å². The molecule has 1 amide bonds. The van der Waals surface area contributed by atoms with Gasteiger partial charge in [-0.25, -0.2) is 0 Å². The predicted octanol–water partition coefficient (Wildman–Crippen LogP) is 2.28. The van der Waals surface area contributed by atoms with Crippen LogP contribution in [-0.2, 0) is 0 Å². The molecule has 2 saturated heterocycles. The number of amides is 1.